The number of rotatable bonds is 1. The van der Waals surface area contributed by atoms with Gasteiger partial charge in [-0.2, -0.15) is 0 Å². The maximum atomic E-state index is 3.15. The van der Waals surface area contributed by atoms with Gasteiger partial charge >= 0.3 is 0 Å². The number of allylic oxidation sites excluding steroid dienone is 1. The number of hydrazine groups is 2. The molecule has 0 fully saturated rings. The second kappa shape index (κ2) is 5.25. The first-order chi connectivity index (χ1) is 6.41. The van der Waals surface area contributed by atoms with Crippen molar-refractivity contribution in [3.63, 3.8) is 0 Å². The molecule has 0 aromatic heterocycles. The molecule has 0 aromatic carbocycles. The molecule has 84 valence electrons. The predicted molar refractivity (Wildman–Crippen MR) is 62.1 cm³/mol. The van der Waals surface area contributed by atoms with Crippen LogP contribution in [0.5, 0.6) is 0 Å². The molecule has 1 aliphatic rings. The highest BCUT2D eigenvalue weighted by Crippen LogP contribution is 2.17. The molecule has 3 heteroatoms. The Balaban J connectivity index is 0.000000791. The zero-order valence-electron chi connectivity index (χ0n) is 10.6. The van der Waals surface area contributed by atoms with Gasteiger partial charge in [0.2, 0.25) is 0 Å². The first kappa shape index (κ1) is 13.3. The summed E-state index contributed by atoms with van der Waals surface area (Å²) in [6.07, 6.45) is 2.13. The molecule has 0 bridgehead atoms. The van der Waals surface area contributed by atoms with Gasteiger partial charge in [-0.25, -0.2) is 0 Å². The van der Waals surface area contributed by atoms with Crippen molar-refractivity contribution in [2.75, 3.05) is 0 Å². The van der Waals surface area contributed by atoms with Crippen molar-refractivity contribution in [2.24, 2.45) is 5.92 Å². The van der Waals surface area contributed by atoms with Crippen LogP contribution in [0.1, 0.15) is 48.5 Å². The quantitative estimate of drug-likeness (QED) is 0.680. The van der Waals surface area contributed by atoms with E-state index in [1.165, 1.54) is 5.70 Å². The molecule has 14 heavy (non-hydrogen) atoms. The summed E-state index contributed by atoms with van der Waals surface area (Å²) in [5.74, 6) is 0.546. The lowest BCUT2D eigenvalue weighted by Gasteiger charge is -2.30. The topological polar surface area (TPSA) is 27.3 Å². The fraction of sp³-hybridized carbons (Fsp3) is 0.818. The van der Waals surface area contributed by atoms with Crippen molar-refractivity contribution in [3.05, 3.63) is 11.9 Å². The predicted octanol–water partition coefficient (Wildman–Crippen LogP) is 2.63. The van der Waals surface area contributed by atoms with Gasteiger partial charge < -0.3 is 5.43 Å². The van der Waals surface area contributed by atoms with Gasteiger partial charge in [0.1, 0.15) is 0 Å². The van der Waals surface area contributed by atoms with Gasteiger partial charge in [-0.05, 0) is 26.7 Å². The summed E-state index contributed by atoms with van der Waals surface area (Å²) in [5.41, 5.74) is 7.64. The second-order valence-corrected chi connectivity index (χ2v) is 4.52. The molecule has 0 atom stereocenters. The average Bonchev–Trinajstić information content (AvgIpc) is 2.54. The summed E-state index contributed by atoms with van der Waals surface area (Å²) in [5, 5.41) is 2.09. The Bertz CT molecular complexity index is 189. The molecule has 1 rings (SSSR count). The summed E-state index contributed by atoms with van der Waals surface area (Å²) in [6.45, 7) is 14.9. The third-order valence-electron chi connectivity index (χ3n) is 1.93. The smallest absolute Gasteiger partial charge is 0.0491 e. The van der Waals surface area contributed by atoms with E-state index in [1.54, 1.807) is 0 Å². The van der Waals surface area contributed by atoms with Crippen LogP contribution >= 0.6 is 0 Å². The normalized spacial score (nSPS) is 16.0. The molecule has 2 N–H and O–H groups in total. The van der Waals surface area contributed by atoms with E-state index in [4.69, 9.17) is 0 Å². The first-order valence-electron chi connectivity index (χ1n) is 5.44. The largest absolute Gasteiger partial charge is 0.306 e. The van der Waals surface area contributed by atoms with Crippen LogP contribution in [0.2, 0.25) is 0 Å². The van der Waals surface area contributed by atoms with E-state index in [1.807, 2.05) is 13.8 Å². The summed E-state index contributed by atoms with van der Waals surface area (Å²) in [7, 11) is 0. The summed E-state index contributed by atoms with van der Waals surface area (Å²) >= 11 is 0. The lowest BCUT2D eigenvalue weighted by atomic mass is 10.1. The average molecular weight is 199 g/mol. The van der Waals surface area contributed by atoms with E-state index < -0.39 is 0 Å². The Kier molecular flexibility index (Phi) is 4.99. The summed E-state index contributed by atoms with van der Waals surface area (Å²) in [6, 6.07) is 0. The van der Waals surface area contributed by atoms with Gasteiger partial charge in [0.15, 0.2) is 0 Å². The van der Waals surface area contributed by atoms with Gasteiger partial charge in [-0.1, -0.05) is 27.7 Å². The lowest BCUT2D eigenvalue weighted by Crippen LogP contribution is -2.47. The Morgan fingerprint density at radius 2 is 1.71 bits per heavy atom. The van der Waals surface area contributed by atoms with Crippen LogP contribution in [-0.4, -0.2) is 10.5 Å². The van der Waals surface area contributed by atoms with Crippen LogP contribution in [0.15, 0.2) is 11.9 Å². The van der Waals surface area contributed by atoms with Gasteiger partial charge in [-0.3, -0.25) is 5.01 Å². The first-order valence-corrected chi connectivity index (χ1v) is 5.44. The van der Waals surface area contributed by atoms with Crippen LogP contribution in [0.25, 0.3) is 0 Å². The molecule has 1 heterocycles. The molecular formula is C11H25N3. The molecule has 0 unspecified atom stereocenters. The molecule has 0 saturated heterocycles. The van der Waals surface area contributed by atoms with Crippen molar-refractivity contribution < 1.29 is 0 Å². The minimum atomic E-state index is 0.129. The van der Waals surface area contributed by atoms with Crippen LogP contribution in [0.3, 0.4) is 0 Å². The molecule has 1 aliphatic heterocycles. The molecule has 0 aromatic rings. The molecule has 3 nitrogen and oxygen atoms in total. The zero-order chi connectivity index (χ0) is 11.4. The molecular weight excluding hydrogens is 174 g/mol. The van der Waals surface area contributed by atoms with Gasteiger partial charge in [0, 0.05) is 17.4 Å². The van der Waals surface area contributed by atoms with E-state index in [0.717, 1.165) is 0 Å². The zero-order valence-corrected chi connectivity index (χ0v) is 10.6. The molecule has 0 amide bonds. The van der Waals surface area contributed by atoms with Crippen molar-refractivity contribution >= 4 is 0 Å². The van der Waals surface area contributed by atoms with Crippen LogP contribution in [0, 0.1) is 5.92 Å². The Hall–Kier alpha value is -0.700. The standard InChI is InChI=1S/C9H19N3.C2H6/c1-7(2)8-6-12(11-10-8)9(3,4)5;1-2/h6-7,10-11H,1-5H3;1-2H3. The molecule has 0 spiro atoms. The van der Waals surface area contributed by atoms with E-state index in [9.17, 15) is 0 Å². The van der Waals surface area contributed by atoms with Crippen molar-refractivity contribution in [3.8, 4) is 0 Å². The fourth-order valence-electron chi connectivity index (χ4n) is 0.983. The van der Waals surface area contributed by atoms with Crippen LogP contribution < -0.4 is 11.0 Å². The number of hydrogen-bond donors (Lipinski definition) is 2. The van der Waals surface area contributed by atoms with Gasteiger partial charge in [0.05, 0.1) is 0 Å². The minimum absolute atomic E-state index is 0.129. The maximum absolute atomic E-state index is 3.15. The Morgan fingerprint density at radius 3 is 1.93 bits per heavy atom. The van der Waals surface area contributed by atoms with E-state index in [2.05, 4.69) is 56.8 Å². The van der Waals surface area contributed by atoms with Crippen molar-refractivity contribution in [1.29, 1.82) is 0 Å². The number of hydrogen-bond acceptors (Lipinski definition) is 3. The number of nitrogens with one attached hydrogen (secondary N) is 2. The highest BCUT2D eigenvalue weighted by atomic mass is 15.7. The van der Waals surface area contributed by atoms with Crippen LogP contribution in [0.4, 0.5) is 0 Å². The van der Waals surface area contributed by atoms with E-state index >= 15 is 0 Å². The highest BCUT2D eigenvalue weighted by molar-refractivity contribution is 5.06. The molecule has 0 aliphatic carbocycles. The van der Waals surface area contributed by atoms with Crippen molar-refractivity contribution in [2.45, 2.75) is 54.0 Å². The number of nitrogens with zero attached hydrogens (tertiary/aromatic N) is 1. The Morgan fingerprint density at radius 1 is 1.21 bits per heavy atom. The summed E-state index contributed by atoms with van der Waals surface area (Å²) in [4.78, 5) is 0. The minimum Gasteiger partial charge on any atom is -0.306 e. The van der Waals surface area contributed by atoms with Crippen molar-refractivity contribution in [1.82, 2.24) is 16.0 Å². The third-order valence-corrected chi connectivity index (χ3v) is 1.93. The second-order valence-electron chi connectivity index (χ2n) is 4.52. The SMILES string of the molecule is CC.CC(C)C1=CN(C(C)(C)C)NN1. The van der Waals surface area contributed by atoms with Gasteiger partial charge in [-0.15, -0.1) is 5.53 Å². The monoisotopic (exact) mass is 199 g/mol. The molecule has 0 saturated carbocycles. The fourth-order valence-corrected chi connectivity index (χ4v) is 0.983. The molecule has 0 radical (unpaired) electrons. The highest BCUT2D eigenvalue weighted by Gasteiger charge is 2.23. The van der Waals surface area contributed by atoms with Gasteiger partial charge in [0.25, 0.3) is 0 Å². The van der Waals surface area contributed by atoms with E-state index in [-0.39, 0.29) is 5.54 Å². The lowest BCUT2D eigenvalue weighted by molar-refractivity contribution is 0.137. The maximum Gasteiger partial charge on any atom is 0.0491 e. The third kappa shape index (κ3) is 3.58. The van der Waals surface area contributed by atoms with E-state index in [0.29, 0.717) is 5.92 Å². The van der Waals surface area contributed by atoms with Crippen LogP contribution in [-0.2, 0) is 0 Å². The summed E-state index contributed by atoms with van der Waals surface area (Å²) < 4.78 is 0. The Labute approximate surface area is 88.5 Å².